The van der Waals surface area contributed by atoms with Crippen molar-refractivity contribution >= 4 is 11.3 Å². The molecule has 4 heteroatoms. The number of nitriles is 1. The van der Waals surface area contributed by atoms with Gasteiger partial charge in [-0.2, -0.15) is 5.26 Å². The van der Waals surface area contributed by atoms with Crippen LogP contribution in [0.1, 0.15) is 26.4 Å². The number of halogens is 1. The quantitative estimate of drug-likeness (QED) is 0.923. The maximum absolute atomic E-state index is 13.5. The maximum atomic E-state index is 13.5. The van der Waals surface area contributed by atoms with Crippen LogP contribution in [0.5, 0.6) is 0 Å². The molecular weight excluding hydrogens is 259 g/mol. The molecular formula is C15H15FN2S. The summed E-state index contributed by atoms with van der Waals surface area (Å²) in [5.74, 6) is -0.124. The molecule has 2 rings (SSSR count). The zero-order chi connectivity index (χ0) is 13.8. The van der Waals surface area contributed by atoms with Gasteiger partial charge in [-0.15, -0.1) is 11.3 Å². The molecule has 0 unspecified atom stereocenters. The molecule has 0 aliphatic carbocycles. The van der Waals surface area contributed by atoms with Crippen molar-refractivity contribution in [1.29, 1.82) is 5.26 Å². The number of benzene rings is 1. The SMILES string of the molecule is Cc1cc(CNCc2ccc(C#N)s2)cc(C)c1F. The van der Waals surface area contributed by atoms with Crippen LogP contribution in [0.25, 0.3) is 0 Å². The number of aryl methyl sites for hydroxylation is 2. The van der Waals surface area contributed by atoms with E-state index in [0.717, 1.165) is 21.9 Å². The van der Waals surface area contributed by atoms with Gasteiger partial charge in [-0.05, 0) is 42.7 Å². The van der Waals surface area contributed by atoms with E-state index in [1.54, 1.807) is 13.8 Å². The van der Waals surface area contributed by atoms with E-state index in [9.17, 15) is 4.39 Å². The van der Waals surface area contributed by atoms with Crippen LogP contribution >= 0.6 is 11.3 Å². The minimum Gasteiger partial charge on any atom is -0.308 e. The van der Waals surface area contributed by atoms with Gasteiger partial charge < -0.3 is 5.32 Å². The highest BCUT2D eigenvalue weighted by molar-refractivity contribution is 7.12. The fourth-order valence-electron chi connectivity index (χ4n) is 2.00. The van der Waals surface area contributed by atoms with Gasteiger partial charge in [0.25, 0.3) is 0 Å². The highest BCUT2D eigenvalue weighted by atomic mass is 32.1. The topological polar surface area (TPSA) is 35.8 Å². The molecule has 0 atom stereocenters. The van der Waals surface area contributed by atoms with Gasteiger partial charge in [0, 0.05) is 18.0 Å². The molecule has 0 spiro atoms. The second-order valence-electron chi connectivity index (χ2n) is 4.52. The Hall–Kier alpha value is -1.70. The third kappa shape index (κ3) is 3.40. The molecule has 2 aromatic rings. The van der Waals surface area contributed by atoms with E-state index in [2.05, 4.69) is 11.4 Å². The number of thiophene rings is 1. The van der Waals surface area contributed by atoms with E-state index in [1.165, 1.54) is 11.3 Å². The molecule has 0 saturated carbocycles. The van der Waals surface area contributed by atoms with Crippen LogP contribution in [-0.2, 0) is 13.1 Å². The summed E-state index contributed by atoms with van der Waals surface area (Å²) < 4.78 is 13.5. The summed E-state index contributed by atoms with van der Waals surface area (Å²) >= 11 is 1.49. The highest BCUT2D eigenvalue weighted by Crippen LogP contribution is 2.16. The van der Waals surface area contributed by atoms with Crippen molar-refractivity contribution in [2.45, 2.75) is 26.9 Å². The third-order valence-corrected chi connectivity index (χ3v) is 3.89. The molecule has 0 fully saturated rings. The van der Waals surface area contributed by atoms with Crippen molar-refractivity contribution < 1.29 is 4.39 Å². The summed E-state index contributed by atoms with van der Waals surface area (Å²) in [6.07, 6.45) is 0. The predicted octanol–water partition coefficient (Wildman–Crippen LogP) is 3.67. The van der Waals surface area contributed by atoms with Crippen LogP contribution in [0, 0.1) is 31.0 Å². The van der Waals surface area contributed by atoms with Crippen LogP contribution in [0.3, 0.4) is 0 Å². The van der Waals surface area contributed by atoms with Crippen LogP contribution in [-0.4, -0.2) is 0 Å². The molecule has 0 aliphatic heterocycles. The largest absolute Gasteiger partial charge is 0.308 e. The Kier molecular flexibility index (Phi) is 4.31. The fourth-order valence-corrected chi connectivity index (χ4v) is 2.78. The minimum atomic E-state index is -0.124. The van der Waals surface area contributed by atoms with Crippen LogP contribution < -0.4 is 5.32 Å². The summed E-state index contributed by atoms with van der Waals surface area (Å²) in [7, 11) is 0. The van der Waals surface area contributed by atoms with Gasteiger partial charge in [-0.3, -0.25) is 0 Å². The van der Waals surface area contributed by atoms with Gasteiger partial charge in [0.15, 0.2) is 0 Å². The first-order chi connectivity index (χ1) is 9.10. The number of nitrogens with one attached hydrogen (secondary N) is 1. The molecule has 0 bridgehead atoms. The van der Waals surface area contributed by atoms with E-state index in [-0.39, 0.29) is 5.82 Å². The van der Waals surface area contributed by atoms with E-state index in [1.807, 2.05) is 24.3 Å². The lowest BCUT2D eigenvalue weighted by atomic mass is 10.1. The Labute approximate surface area is 116 Å². The Morgan fingerprint density at radius 3 is 2.47 bits per heavy atom. The molecule has 1 aromatic heterocycles. The minimum absolute atomic E-state index is 0.124. The molecule has 98 valence electrons. The van der Waals surface area contributed by atoms with Crippen molar-refractivity contribution in [3.63, 3.8) is 0 Å². The van der Waals surface area contributed by atoms with Crippen LogP contribution in [0.2, 0.25) is 0 Å². The summed E-state index contributed by atoms with van der Waals surface area (Å²) in [5, 5.41) is 12.1. The first-order valence-electron chi connectivity index (χ1n) is 6.05. The zero-order valence-corrected chi connectivity index (χ0v) is 11.8. The predicted molar refractivity (Wildman–Crippen MR) is 75.5 cm³/mol. The molecule has 2 nitrogen and oxygen atoms in total. The first kappa shape index (κ1) is 13.7. The molecule has 1 heterocycles. The summed E-state index contributed by atoms with van der Waals surface area (Å²) in [6.45, 7) is 4.98. The van der Waals surface area contributed by atoms with E-state index in [0.29, 0.717) is 17.7 Å². The number of hydrogen-bond donors (Lipinski definition) is 1. The Morgan fingerprint density at radius 2 is 1.89 bits per heavy atom. The number of hydrogen-bond acceptors (Lipinski definition) is 3. The number of rotatable bonds is 4. The molecule has 0 radical (unpaired) electrons. The summed E-state index contributed by atoms with van der Waals surface area (Å²) in [6, 6.07) is 9.64. The molecule has 19 heavy (non-hydrogen) atoms. The van der Waals surface area contributed by atoms with Crippen molar-refractivity contribution in [2.24, 2.45) is 0 Å². The lowest BCUT2D eigenvalue weighted by Gasteiger charge is -2.07. The number of nitrogens with zero attached hydrogens (tertiary/aromatic N) is 1. The van der Waals surface area contributed by atoms with Crippen LogP contribution in [0.4, 0.5) is 4.39 Å². The van der Waals surface area contributed by atoms with Gasteiger partial charge in [-0.1, -0.05) is 12.1 Å². The average molecular weight is 274 g/mol. The summed E-state index contributed by atoms with van der Waals surface area (Å²) in [4.78, 5) is 1.86. The van der Waals surface area contributed by atoms with Gasteiger partial charge in [0.1, 0.15) is 16.8 Å². The van der Waals surface area contributed by atoms with Gasteiger partial charge in [0.2, 0.25) is 0 Å². The first-order valence-corrected chi connectivity index (χ1v) is 6.87. The highest BCUT2D eigenvalue weighted by Gasteiger charge is 2.04. The molecule has 1 aromatic carbocycles. The normalized spacial score (nSPS) is 10.4. The van der Waals surface area contributed by atoms with Crippen LogP contribution in [0.15, 0.2) is 24.3 Å². The second-order valence-corrected chi connectivity index (χ2v) is 5.69. The summed E-state index contributed by atoms with van der Waals surface area (Å²) in [5.41, 5.74) is 2.44. The lowest BCUT2D eigenvalue weighted by molar-refractivity contribution is 0.606. The standard InChI is InChI=1S/C15H15FN2S/c1-10-5-12(6-11(2)15(10)16)8-18-9-14-4-3-13(7-17)19-14/h3-6,18H,8-9H2,1-2H3. The molecule has 0 amide bonds. The molecule has 0 aliphatic rings. The van der Waals surface area contributed by atoms with E-state index >= 15 is 0 Å². The monoisotopic (exact) mass is 274 g/mol. The third-order valence-electron chi connectivity index (χ3n) is 2.90. The van der Waals surface area contributed by atoms with Crippen molar-refractivity contribution in [3.05, 3.63) is 56.5 Å². The second kappa shape index (κ2) is 5.96. The van der Waals surface area contributed by atoms with Crippen molar-refractivity contribution in [2.75, 3.05) is 0 Å². The Morgan fingerprint density at radius 1 is 1.21 bits per heavy atom. The molecule has 1 N–H and O–H groups in total. The van der Waals surface area contributed by atoms with Gasteiger partial charge >= 0.3 is 0 Å². The van der Waals surface area contributed by atoms with Gasteiger partial charge in [-0.25, -0.2) is 4.39 Å². The lowest BCUT2D eigenvalue weighted by Crippen LogP contribution is -2.12. The average Bonchev–Trinajstić information content (AvgIpc) is 2.84. The maximum Gasteiger partial charge on any atom is 0.129 e. The van der Waals surface area contributed by atoms with Crippen molar-refractivity contribution in [1.82, 2.24) is 5.32 Å². The zero-order valence-electron chi connectivity index (χ0n) is 11.0. The Bertz CT molecular complexity index is 602. The van der Waals surface area contributed by atoms with E-state index in [4.69, 9.17) is 5.26 Å². The van der Waals surface area contributed by atoms with E-state index < -0.39 is 0 Å². The fraction of sp³-hybridized carbons (Fsp3) is 0.267. The smallest absolute Gasteiger partial charge is 0.129 e. The Balaban J connectivity index is 1.94. The van der Waals surface area contributed by atoms with Gasteiger partial charge in [0.05, 0.1) is 0 Å². The molecule has 0 saturated heterocycles. The van der Waals surface area contributed by atoms with Crippen molar-refractivity contribution in [3.8, 4) is 6.07 Å².